The van der Waals surface area contributed by atoms with E-state index in [4.69, 9.17) is 10.1 Å². The SMILES string of the molecule is CCc1nn(-c2ccccc2)c2nc(C3CCN(c4cccnc4)CC3)[nH]c(=O)c12. The summed E-state index contributed by atoms with van der Waals surface area (Å²) < 4.78 is 1.80. The standard InChI is InChI=1S/C23H24N6O/c1-2-19-20-22(29(27-19)17-7-4-3-5-8-17)25-21(26-23(20)30)16-10-13-28(14-11-16)18-9-6-12-24-15-18/h3-9,12,15-16H,2,10-11,13-14H2,1H3,(H,25,26,30). The highest BCUT2D eigenvalue weighted by Gasteiger charge is 2.25. The molecule has 1 saturated heterocycles. The summed E-state index contributed by atoms with van der Waals surface area (Å²) in [5, 5.41) is 5.29. The number of aryl methyl sites for hydroxylation is 1. The van der Waals surface area contributed by atoms with Gasteiger partial charge in [-0.25, -0.2) is 9.67 Å². The number of hydrogen-bond donors (Lipinski definition) is 1. The number of piperidine rings is 1. The second kappa shape index (κ2) is 7.74. The van der Waals surface area contributed by atoms with E-state index in [2.05, 4.69) is 20.9 Å². The molecule has 0 bridgehead atoms. The second-order valence-corrected chi connectivity index (χ2v) is 7.67. The number of nitrogens with zero attached hydrogens (tertiary/aromatic N) is 5. The summed E-state index contributed by atoms with van der Waals surface area (Å²) in [5.41, 5.74) is 3.39. The Bertz CT molecular complexity index is 1210. The van der Waals surface area contributed by atoms with Crippen molar-refractivity contribution in [3.05, 3.63) is 76.7 Å². The van der Waals surface area contributed by atoms with E-state index in [1.165, 1.54) is 0 Å². The average Bonchev–Trinajstić information content (AvgIpc) is 3.20. The number of anilines is 1. The first-order valence-corrected chi connectivity index (χ1v) is 10.5. The van der Waals surface area contributed by atoms with Crippen LogP contribution in [0.25, 0.3) is 16.7 Å². The third kappa shape index (κ3) is 3.26. The lowest BCUT2D eigenvalue weighted by Gasteiger charge is -2.32. The van der Waals surface area contributed by atoms with Gasteiger partial charge in [-0.15, -0.1) is 0 Å². The highest BCUT2D eigenvalue weighted by molar-refractivity contribution is 5.79. The lowest BCUT2D eigenvalue weighted by Crippen LogP contribution is -2.34. The summed E-state index contributed by atoms with van der Waals surface area (Å²) in [7, 11) is 0. The molecule has 30 heavy (non-hydrogen) atoms. The van der Waals surface area contributed by atoms with Gasteiger partial charge >= 0.3 is 0 Å². The smallest absolute Gasteiger partial charge is 0.262 e. The van der Waals surface area contributed by atoms with Gasteiger partial charge in [-0.05, 0) is 43.5 Å². The highest BCUT2D eigenvalue weighted by atomic mass is 16.1. The molecule has 0 saturated carbocycles. The lowest BCUT2D eigenvalue weighted by atomic mass is 9.95. The molecule has 0 spiro atoms. The minimum Gasteiger partial charge on any atom is -0.370 e. The van der Waals surface area contributed by atoms with Crippen LogP contribution in [0.3, 0.4) is 0 Å². The zero-order valence-electron chi connectivity index (χ0n) is 17.0. The number of benzene rings is 1. The molecule has 7 heteroatoms. The summed E-state index contributed by atoms with van der Waals surface area (Å²) in [6.07, 6.45) is 6.24. The van der Waals surface area contributed by atoms with Gasteiger partial charge in [0, 0.05) is 25.2 Å². The molecule has 1 aliphatic heterocycles. The third-order valence-electron chi connectivity index (χ3n) is 5.86. The fourth-order valence-electron chi connectivity index (χ4n) is 4.25. The Morgan fingerprint density at radius 3 is 2.53 bits per heavy atom. The van der Waals surface area contributed by atoms with Crippen LogP contribution in [0.2, 0.25) is 0 Å². The Hall–Kier alpha value is -3.48. The van der Waals surface area contributed by atoms with Crippen LogP contribution in [-0.2, 0) is 6.42 Å². The maximum Gasteiger partial charge on any atom is 0.262 e. The van der Waals surface area contributed by atoms with Gasteiger partial charge in [0.25, 0.3) is 5.56 Å². The van der Waals surface area contributed by atoms with Crippen LogP contribution in [0.15, 0.2) is 59.7 Å². The van der Waals surface area contributed by atoms with Crippen molar-refractivity contribution in [1.82, 2.24) is 24.7 Å². The van der Waals surface area contributed by atoms with E-state index in [-0.39, 0.29) is 11.5 Å². The maximum atomic E-state index is 13.0. The molecule has 3 aromatic heterocycles. The molecule has 4 aromatic rings. The number of hydrogen-bond acceptors (Lipinski definition) is 5. The molecule has 1 aliphatic rings. The van der Waals surface area contributed by atoms with Gasteiger partial charge in [-0.3, -0.25) is 9.78 Å². The number of H-pyrrole nitrogens is 1. The first-order valence-electron chi connectivity index (χ1n) is 10.5. The van der Waals surface area contributed by atoms with E-state index in [1.807, 2.05) is 49.5 Å². The minimum atomic E-state index is -0.0938. The molecule has 1 aromatic carbocycles. The van der Waals surface area contributed by atoms with E-state index in [1.54, 1.807) is 10.9 Å². The molecular formula is C23H24N6O. The molecule has 0 aliphatic carbocycles. The van der Waals surface area contributed by atoms with Gasteiger partial charge in [-0.2, -0.15) is 5.10 Å². The van der Waals surface area contributed by atoms with Crippen molar-refractivity contribution in [1.29, 1.82) is 0 Å². The van der Waals surface area contributed by atoms with Crippen molar-refractivity contribution < 1.29 is 0 Å². The third-order valence-corrected chi connectivity index (χ3v) is 5.86. The molecule has 0 atom stereocenters. The molecular weight excluding hydrogens is 376 g/mol. The quantitative estimate of drug-likeness (QED) is 0.568. The first-order chi connectivity index (χ1) is 14.7. The molecule has 0 amide bonds. The summed E-state index contributed by atoms with van der Waals surface area (Å²) in [6, 6.07) is 13.9. The van der Waals surface area contributed by atoms with Crippen molar-refractivity contribution in [2.24, 2.45) is 0 Å². The van der Waals surface area contributed by atoms with E-state index >= 15 is 0 Å². The molecule has 1 N–H and O–H groups in total. The fraction of sp³-hybridized carbons (Fsp3) is 0.304. The number of nitrogens with one attached hydrogen (secondary N) is 1. The van der Waals surface area contributed by atoms with Crippen LogP contribution >= 0.6 is 0 Å². The van der Waals surface area contributed by atoms with Crippen LogP contribution in [-0.4, -0.2) is 37.8 Å². The van der Waals surface area contributed by atoms with Crippen LogP contribution in [0.1, 0.15) is 37.2 Å². The van der Waals surface area contributed by atoms with Crippen molar-refractivity contribution >= 4 is 16.7 Å². The predicted octanol–water partition coefficient (Wildman–Crippen LogP) is 3.45. The van der Waals surface area contributed by atoms with Crippen molar-refractivity contribution in [3.63, 3.8) is 0 Å². The van der Waals surface area contributed by atoms with Crippen molar-refractivity contribution in [3.8, 4) is 5.69 Å². The zero-order valence-corrected chi connectivity index (χ0v) is 17.0. The molecule has 4 heterocycles. The minimum absolute atomic E-state index is 0.0938. The Balaban J connectivity index is 1.50. The average molecular weight is 400 g/mol. The van der Waals surface area contributed by atoms with Crippen molar-refractivity contribution in [2.75, 3.05) is 18.0 Å². The molecule has 0 radical (unpaired) electrons. The fourth-order valence-corrected chi connectivity index (χ4v) is 4.25. The predicted molar refractivity (Wildman–Crippen MR) is 117 cm³/mol. The van der Waals surface area contributed by atoms with Gasteiger partial charge in [0.1, 0.15) is 11.2 Å². The summed E-state index contributed by atoms with van der Waals surface area (Å²) in [6.45, 7) is 3.84. The van der Waals surface area contributed by atoms with Crippen LogP contribution in [0, 0.1) is 0 Å². The molecule has 7 nitrogen and oxygen atoms in total. The van der Waals surface area contributed by atoms with E-state index in [0.717, 1.165) is 48.8 Å². The lowest BCUT2D eigenvalue weighted by molar-refractivity contribution is 0.485. The largest absolute Gasteiger partial charge is 0.370 e. The Morgan fingerprint density at radius 2 is 1.83 bits per heavy atom. The molecule has 1 fully saturated rings. The molecule has 0 unspecified atom stereocenters. The van der Waals surface area contributed by atoms with Crippen LogP contribution in [0.4, 0.5) is 5.69 Å². The Morgan fingerprint density at radius 1 is 1.07 bits per heavy atom. The van der Waals surface area contributed by atoms with Gasteiger partial charge < -0.3 is 9.88 Å². The van der Waals surface area contributed by atoms with Crippen LogP contribution in [0.5, 0.6) is 0 Å². The number of rotatable bonds is 4. The maximum absolute atomic E-state index is 13.0. The summed E-state index contributed by atoms with van der Waals surface area (Å²) in [4.78, 5) is 27.5. The summed E-state index contributed by atoms with van der Waals surface area (Å²) >= 11 is 0. The van der Waals surface area contributed by atoms with E-state index in [0.29, 0.717) is 17.5 Å². The van der Waals surface area contributed by atoms with Gasteiger partial charge in [-0.1, -0.05) is 25.1 Å². The number of pyridine rings is 1. The van der Waals surface area contributed by atoms with E-state index < -0.39 is 0 Å². The van der Waals surface area contributed by atoms with Gasteiger partial charge in [0.2, 0.25) is 0 Å². The topological polar surface area (TPSA) is 79.7 Å². The second-order valence-electron chi connectivity index (χ2n) is 7.67. The number of para-hydroxylation sites is 1. The first kappa shape index (κ1) is 18.5. The number of aromatic nitrogens is 5. The molecule has 5 rings (SSSR count). The van der Waals surface area contributed by atoms with Crippen molar-refractivity contribution in [2.45, 2.75) is 32.1 Å². The normalized spacial score (nSPS) is 15.0. The van der Waals surface area contributed by atoms with E-state index in [9.17, 15) is 4.79 Å². The number of aromatic amines is 1. The monoisotopic (exact) mass is 400 g/mol. The zero-order chi connectivity index (χ0) is 20.5. The summed E-state index contributed by atoms with van der Waals surface area (Å²) in [5.74, 6) is 0.984. The highest BCUT2D eigenvalue weighted by Crippen LogP contribution is 2.29. The Kier molecular flexibility index (Phi) is 4.78. The Labute approximate surface area is 174 Å². The van der Waals surface area contributed by atoms with Gasteiger partial charge in [0.05, 0.1) is 23.3 Å². The number of fused-ring (bicyclic) bond motifs is 1. The molecule has 152 valence electrons. The van der Waals surface area contributed by atoms with Crippen LogP contribution < -0.4 is 10.5 Å². The van der Waals surface area contributed by atoms with Gasteiger partial charge in [0.15, 0.2) is 5.65 Å².